The van der Waals surface area contributed by atoms with Gasteiger partial charge in [-0.3, -0.25) is 9.97 Å². The second-order valence-electron chi connectivity index (χ2n) is 5.49. The second-order valence-corrected chi connectivity index (χ2v) is 5.49. The number of nitrogens with zero attached hydrogens (tertiary/aromatic N) is 2. The number of hydrogen-bond donors (Lipinski definition) is 1. The minimum Gasteiger partial charge on any atom is -0.490 e. The standard InChI is InChI=1S/C17H21N3O.3ClH/c1-2-16(20-7-1)13-21-17-10-15(11-19-12-17)4-3-14-5-8-18-9-6-14;;;/h5-6,8-12,16,20H,1-4,7,13H2;3*1H/t16-;;;/m1.../s1. The molecule has 0 radical (unpaired) electrons. The van der Waals surface area contributed by atoms with Crippen molar-refractivity contribution in [1.82, 2.24) is 15.3 Å². The largest absolute Gasteiger partial charge is 0.490 e. The third-order valence-electron chi connectivity index (χ3n) is 3.84. The Morgan fingerprint density at radius 1 is 1.00 bits per heavy atom. The van der Waals surface area contributed by atoms with Gasteiger partial charge in [0.15, 0.2) is 0 Å². The van der Waals surface area contributed by atoms with Crippen molar-refractivity contribution in [3.05, 3.63) is 54.1 Å². The molecule has 134 valence electrons. The Balaban J connectivity index is 0.00000176. The van der Waals surface area contributed by atoms with Crippen molar-refractivity contribution in [2.45, 2.75) is 31.7 Å². The summed E-state index contributed by atoms with van der Waals surface area (Å²) in [6, 6.07) is 6.70. The highest BCUT2D eigenvalue weighted by Gasteiger charge is 2.14. The molecule has 0 amide bonds. The number of ether oxygens (including phenoxy) is 1. The van der Waals surface area contributed by atoms with Gasteiger partial charge in [-0.1, -0.05) is 0 Å². The molecule has 7 heteroatoms. The Morgan fingerprint density at radius 2 is 1.75 bits per heavy atom. The van der Waals surface area contributed by atoms with E-state index in [-0.39, 0.29) is 37.2 Å². The zero-order valence-corrected chi connectivity index (χ0v) is 15.8. The molecule has 1 N–H and O–H groups in total. The molecule has 0 spiro atoms. The first-order chi connectivity index (χ1) is 10.4. The van der Waals surface area contributed by atoms with E-state index >= 15 is 0 Å². The number of aromatic nitrogens is 2. The van der Waals surface area contributed by atoms with Gasteiger partial charge in [-0.15, -0.1) is 37.2 Å². The third-order valence-corrected chi connectivity index (χ3v) is 3.84. The number of rotatable bonds is 6. The van der Waals surface area contributed by atoms with Crippen molar-refractivity contribution in [1.29, 1.82) is 0 Å². The molecule has 1 atom stereocenters. The monoisotopic (exact) mass is 391 g/mol. The van der Waals surface area contributed by atoms with Crippen LogP contribution in [0.15, 0.2) is 43.0 Å². The quantitative estimate of drug-likeness (QED) is 0.815. The predicted molar refractivity (Wildman–Crippen MR) is 104 cm³/mol. The molecule has 1 aliphatic heterocycles. The molecule has 2 aromatic rings. The molecule has 1 aliphatic rings. The Labute approximate surface area is 162 Å². The number of halogens is 3. The molecule has 3 heterocycles. The van der Waals surface area contributed by atoms with E-state index in [1.807, 2.05) is 18.6 Å². The van der Waals surface area contributed by atoms with Crippen LogP contribution in [0.25, 0.3) is 0 Å². The summed E-state index contributed by atoms with van der Waals surface area (Å²) in [6.45, 7) is 1.84. The van der Waals surface area contributed by atoms with Crippen LogP contribution in [0.1, 0.15) is 24.0 Å². The first-order valence-corrected chi connectivity index (χ1v) is 7.59. The Bertz CT molecular complexity index is 566. The summed E-state index contributed by atoms with van der Waals surface area (Å²) in [4.78, 5) is 8.32. The van der Waals surface area contributed by atoms with Gasteiger partial charge in [0.25, 0.3) is 0 Å². The Hall–Kier alpha value is -1.07. The maximum atomic E-state index is 5.85. The molecule has 1 saturated heterocycles. The Morgan fingerprint density at radius 3 is 2.46 bits per heavy atom. The van der Waals surface area contributed by atoms with Gasteiger partial charge >= 0.3 is 0 Å². The smallest absolute Gasteiger partial charge is 0.137 e. The van der Waals surface area contributed by atoms with Gasteiger partial charge in [0.05, 0.1) is 6.20 Å². The van der Waals surface area contributed by atoms with Crippen molar-refractivity contribution in [2.75, 3.05) is 13.2 Å². The van der Waals surface area contributed by atoms with E-state index in [1.165, 1.54) is 24.0 Å². The fraction of sp³-hybridized carbons (Fsp3) is 0.412. The van der Waals surface area contributed by atoms with Gasteiger partial charge < -0.3 is 10.1 Å². The average Bonchev–Trinajstić information content (AvgIpc) is 3.06. The molecule has 0 aliphatic carbocycles. The molecule has 4 nitrogen and oxygen atoms in total. The summed E-state index contributed by atoms with van der Waals surface area (Å²) >= 11 is 0. The molecule has 0 saturated carbocycles. The van der Waals surface area contributed by atoms with Crippen LogP contribution in [0.5, 0.6) is 5.75 Å². The number of nitrogens with one attached hydrogen (secondary N) is 1. The maximum Gasteiger partial charge on any atom is 0.137 e. The van der Waals surface area contributed by atoms with Gasteiger partial charge in [-0.2, -0.15) is 0 Å². The molecular formula is C17H24Cl3N3O. The van der Waals surface area contributed by atoms with Crippen LogP contribution in [0.2, 0.25) is 0 Å². The highest BCUT2D eigenvalue weighted by Crippen LogP contribution is 2.15. The topological polar surface area (TPSA) is 47.0 Å². The summed E-state index contributed by atoms with van der Waals surface area (Å²) in [5.41, 5.74) is 2.51. The molecule has 0 aromatic carbocycles. The van der Waals surface area contributed by atoms with Crippen molar-refractivity contribution in [2.24, 2.45) is 0 Å². The lowest BCUT2D eigenvalue weighted by molar-refractivity contribution is 0.276. The SMILES string of the molecule is Cl.Cl.Cl.c1cc(CCc2cncc(OC[C@H]3CCCN3)c2)ccn1. The number of pyridine rings is 2. The summed E-state index contributed by atoms with van der Waals surface area (Å²) < 4.78 is 5.85. The van der Waals surface area contributed by atoms with Gasteiger partial charge in [0, 0.05) is 24.6 Å². The van der Waals surface area contributed by atoms with Crippen LogP contribution in [0.4, 0.5) is 0 Å². The van der Waals surface area contributed by atoms with E-state index in [0.29, 0.717) is 6.04 Å². The van der Waals surface area contributed by atoms with Gasteiger partial charge in [-0.25, -0.2) is 0 Å². The lowest BCUT2D eigenvalue weighted by Gasteiger charge is -2.12. The van der Waals surface area contributed by atoms with E-state index in [4.69, 9.17) is 4.74 Å². The van der Waals surface area contributed by atoms with E-state index in [0.717, 1.165) is 31.7 Å². The van der Waals surface area contributed by atoms with E-state index in [1.54, 1.807) is 6.20 Å². The second kappa shape index (κ2) is 12.3. The highest BCUT2D eigenvalue weighted by molar-refractivity contribution is 5.86. The lowest BCUT2D eigenvalue weighted by Crippen LogP contribution is -2.28. The summed E-state index contributed by atoms with van der Waals surface area (Å²) in [5.74, 6) is 0.871. The molecule has 0 unspecified atom stereocenters. The van der Waals surface area contributed by atoms with Gasteiger partial charge in [0.1, 0.15) is 12.4 Å². The van der Waals surface area contributed by atoms with Crippen molar-refractivity contribution >= 4 is 37.2 Å². The molecule has 2 aromatic heterocycles. The van der Waals surface area contributed by atoms with Gasteiger partial charge in [0.2, 0.25) is 0 Å². The first-order valence-electron chi connectivity index (χ1n) is 7.59. The summed E-state index contributed by atoms with van der Waals surface area (Å²) in [7, 11) is 0. The minimum absolute atomic E-state index is 0. The van der Waals surface area contributed by atoms with Crippen molar-refractivity contribution in [3.8, 4) is 5.75 Å². The van der Waals surface area contributed by atoms with Crippen LogP contribution in [-0.4, -0.2) is 29.2 Å². The average molecular weight is 393 g/mol. The zero-order chi connectivity index (χ0) is 14.3. The zero-order valence-electron chi connectivity index (χ0n) is 13.4. The van der Waals surface area contributed by atoms with Crippen LogP contribution in [0.3, 0.4) is 0 Å². The van der Waals surface area contributed by atoms with Gasteiger partial charge in [-0.05, 0) is 61.6 Å². The van der Waals surface area contributed by atoms with Crippen molar-refractivity contribution in [3.63, 3.8) is 0 Å². The van der Waals surface area contributed by atoms with E-state index in [9.17, 15) is 0 Å². The minimum atomic E-state index is 0. The summed E-state index contributed by atoms with van der Waals surface area (Å²) in [5, 5.41) is 3.44. The predicted octanol–water partition coefficient (Wildman–Crippen LogP) is 3.66. The van der Waals surface area contributed by atoms with Crippen LogP contribution in [-0.2, 0) is 12.8 Å². The summed E-state index contributed by atoms with van der Waals surface area (Å²) in [6.07, 6.45) is 11.8. The maximum absolute atomic E-state index is 5.85. The fourth-order valence-electron chi connectivity index (χ4n) is 2.61. The highest BCUT2D eigenvalue weighted by atomic mass is 35.5. The van der Waals surface area contributed by atoms with Crippen LogP contribution >= 0.6 is 37.2 Å². The third kappa shape index (κ3) is 7.22. The van der Waals surface area contributed by atoms with Crippen LogP contribution < -0.4 is 10.1 Å². The molecule has 24 heavy (non-hydrogen) atoms. The molecular weight excluding hydrogens is 369 g/mol. The normalized spacial score (nSPS) is 15.6. The van der Waals surface area contributed by atoms with Crippen molar-refractivity contribution < 1.29 is 4.74 Å². The first kappa shape index (κ1) is 22.9. The number of hydrogen-bond acceptors (Lipinski definition) is 4. The molecule has 0 bridgehead atoms. The van der Waals surface area contributed by atoms with E-state index < -0.39 is 0 Å². The molecule has 3 rings (SSSR count). The fourth-order valence-corrected chi connectivity index (χ4v) is 2.61. The van der Waals surface area contributed by atoms with Crippen LogP contribution in [0, 0.1) is 0 Å². The molecule has 1 fully saturated rings. The lowest BCUT2D eigenvalue weighted by atomic mass is 10.1. The number of aryl methyl sites for hydroxylation is 2. The van der Waals surface area contributed by atoms with E-state index in [2.05, 4.69) is 33.5 Å². The Kier molecular flexibility index (Phi) is 11.8.